The molecule has 0 radical (unpaired) electrons. The monoisotopic (exact) mass is 764 g/mol. The van der Waals surface area contributed by atoms with E-state index >= 15 is 4.79 Å². The van der Waals surface area contributed by atoms with Gasteiger partial charge in [-0.05, 0) is 75.3 Å². The van der Waals surface area contributed by atoms with Gasteiger partial charge in [-0.1, -0.05) is 31.2 Å². The zero-order valence-corrected chi connectivity index (χ0v) is 31.9. The molecule has 2 fully saturated rings. The summed E-state index contributed by atoms with van der Waals surface area (Å²) in [5, 5.41) is 0. The Balaban J connectivity index is 0.00000292. The Kier molecular flexibility index (Phi) is 12.8. The number of ether oxygens (including phenoxy) is 4. The molecule has 0 N–H and O–H groups in total. The molecule has 3 aromatic carbocycles. The number of fused-ring (bicyclic) bond motifs is 1. The highest BCUT2D eigenvalue weighted by Crippen LogP contribution is 2.52. The van der Waals surface area contributed by atoms with Crippen molar-refractivity contribution < 1.29 is 37.0 Å². The van der Waals surface area contributed by atoms with Crippen LogP contribution in [-0.2, 0) is 31.6 Å². The largest absolute Gasteiger partial charge is 0.497 e. The molecule has 1 unspecified atom stereocenters. The number of likely N-dealkylation sites (tertiary alicyclic amines) is 1. The number of carbonyl (C=O) groups is 2. The molecule has 1 atom stereocenters. The lowest BCUT2D eigenvalue weighted by Gasteiger charge is -2.42. The summed E-state index contributed by atoms with van der Waals surface area (Å²) in [7, 11) is 1.79. The van der Waals surface area contributed by atoms with Crippen molar-refractivity contribution in [2.24, 2.45) is 0 Å². The minimum Gasteiger partial charge on any atom is -0.497 e. The summed E-state index contributed by atoms with van der Waals surface area (Å²) in [6.07, 6.45) is 1.95. The molecule has 15 heteroatoms. The first-order valence-electron chi connectivity index (χ1n) is 16.6. The number of rotatable bonds is 9. The lowest BCUT2D eigenvalue weighted by Crippen LogP contribution is -2.55. The molecule has 2 saturated heterocycles. The molecule has 3 aliphatic rings. The number of sulfonamides is 1. The van der Waals surface area contributed by atoms with E-state index in [0.29, 0.717) is 55.7 Å². The Morgan fingerprint density at radius 1 is 0.824 bits per heavy atom. The van der Waals surface area contributed by atoms with Crippen LogP contribution in [0.4, 0.5) is 10.5 Å². The summed E-state index contributed by atoms with van der Waals surface area (Å²) in [6, 6.07) is 16.5. The van der Waals surface area contributed by atoms with E-state index < -0.39 is 27.6 Å². The smallest absolute Gasteiger partial charge is 0.411 e. The highest BCUT2D eigenvalue weighted by Gasteiger charge is 2.60. The molecule has 0 saturated carbocycles. The van der Waals surface area contributed by atoms with Crippen LogP contribution in [-0.4, -0.2) is 109 Å². The molecule has 3 aliphatic heterocycles. The van der Waals surface area contributed by atoms with E-state index in [0.717, 1.165) is 35.8 Å². The van der Waals surface area contributed by atoms with Gasteiger partial charge in [0.25, 0.3) is 15.9 Å². The van der Waals surface area contributed by atoms with Crippen LogP contribution in [0.1, 0.15) is 36.5 Å². The third-order valence-electron chi connectivity index (χ3n) is 9.97. The predicted octanol–water partition coefficient (Wildman–Crippen LogP) is 4.95. The fraction of sp³-hybridized carbons (Fsp3) is 0.444. The minimum atomic E-state index is -4.62. The molecule has 12 nitrogen and oxygen atoms in total. The van der Waals surface area contributed by atoms with Crippen molar-refractivity contribution in [3.05, 3.63) is 77.4 Å². The lowest BCUT2D eigenvalue weighted by atomic mass is 9.83. The van der Waals surface area contributed by atoms with Crippen LogP contribution in [0.25, 0.3) is 0 Å². The molecule has 0 aromatic heterocycles. The van der Waals surface area contributed by atoms with Crippen molar-refractivity contribution in [1.82, 2.24) is 14.7 Å². The number of benzene rings is 3. The summed E-state index contributed by atoms with van der Waals surface area (Å²) >= 11 is 0. The van der Waals surface area contributed by atoms with Crippen LogP contribution < -0.4 is 18.5 Å². The third kappa shape index (κ3) is 7.19. The van der Waals surface area contributed by atoms with Gasteiger partial charge in [0.15, 0.2) is 0 Å². The van der Waals surface area contributed by atoms with Crippen LogP contribution in [0.15, 0.2) is 65.6 Å². The highest BCUT2D eigenvalue weighted by atomic mass is 35.5. The van der Waals surface area contributed by atoms with Crippen molar-refractivity contribution in [3.63, 3.8) is 0 Å². The summed E-state index contributed by atoms with van der Waals surface area (Å²) in [6.45, 7) is 6.20. The summed E-state index contributed by atoms with van der Waals surface area (Å²) in [5.41, 5.74) is -0.784. The predicted molar refractivity (Wildman–Crippen MR) is 198 cm³/mol. The second-order valence-electron chi connectivity index (χ2n) is 12.6. The molecular weight excluding hydrogens is 719 g/mol. The molecule has 0 aliphatic carbocycles. The number of methoxy groups -OCH3 is 3. The third-order valence-corrected chi connectivity index (χ3v) is 11.7. The van der Waals surface area contributed by atoms with Crippen molar-refractivity contribution in [2.45, 2.75) is 42.7 Å². The van der Waals surface area contributed by atoms with Gasteiger partial charge in [-0.25, -0.2) is 13.2 Å². The molecule has 3 aromatic rings. The maximum Gasteiger partial charge on any atom is 0.411 e. The molecule has 3 heterocycles. The van der Waals surface area contributed by atoms with E-state index in [1.54, 1.807) is 29.2 Å². The molecule has 0 bridgehead atoms. The number of piperidine rings is 1. The fourth-order valence-corrected chi connectivity index (χ4v) is 8.80. The summed E-state index contributed by atoms with van der Waals surface area (Å²) in [4.78, 5) is 35.5. The van der Waals surface area contributed by atoms with E-state index in [4.69, 9.17) is 18.9 Å². The van der Waals surface area contributed by atoms with Gasteiger partial charge in [0, 0.05) is 49.4 Å². The quantitative estimate of drug-likeness (QED) is 0.297. The normalized spacial score (nSPS) is 19.8. The van der Waals surface area contributed by atoms with Crippen LogP contribution in [0.3, 0.4) is 0 Å². The van der Waals surface area contributed by atoms with E-state index in [-0.39, 0.29) is 46.7 Å². The van der Waals surface area contributed by atoms with E-state index in [2.05, 4.69) is 16.8 Å². The number of nitrogens with zero attached hydrogens (tertiary/aromatic N) is 4. The molecule has 6 rings (SSSR count). The molecule has 0 spiro atoms. The van der Waals surface area contributed by atoms with Crippen molar-refractivity contribution in [3.8, 4) is 17.2 Å². The van der Waals surface area contributed by atoms with Gasteiger partial charge in [0.2, 0.25) is 5.60 Å². The topological polar surface area (TPSA) is 118 Å². The zero-order chi connectivity index (χ0) is 34.9. The van der Waals surface area contributed by atoms with E-state index in [1.807, 2.05) is 19.1 Å². The fourth-order valence-electron chi connectivity index (χ4n) is 7.21. The van der Waals surface area contributed by atoms with Gasteiger partial charge in [0.05, 0.1) is 27.0 Å². The van der Waals surface area contributed by atoms with Crippen LogP contribution in [0.5, 0.6) is 17.2 Å². The van der Waals surface area contributed by atoms with Crippen molar-refractivity contribution in [1.29, 1.82) is 0 Å². The Labute approximate surface area is 312 Å². The highest BCUT2D eigenvalue weighted by molar-refractivity contribution is 7.93. The minimum absolute atomic E-state index is 0. The van der Waals surface area contributed by atoms with Gasteiger partial charge in [-0.2, -0.15) is 4.31 Å². The molecule has 51 heavy (non-hydrogen) atoms. The number of halogens is 2. The van der Waals surface area contributed by atoms with Gasteiger partial charge in [-0.15, -0.1) is 24.8 Å². The lowest BCUT2D eigenvalue weighted by molar-refractivity contribution is -0.132. The molecule has 278 valence electrons. The maximum absolute atomic E-state index is 15.1. The Bertz CT molecular complexity index is 1830. The standard InChI is InChI=1S/C36H44N4O8S.2ClH/c1-6-25-9-7-8-10-29(25)36(48-35(42)39-21-19-38(20-22-39)26-15-17-37(2)18-16-26)30-23-27(45-3)11-13-31(30)40(34(36)41)49(43,44)33-14-12-28(46-4)24-32(33)47-5;;/h7-14,23-24,26H,6,15-22H2,1-5H3;2*1H. The molecule has 2 amide bonds. The average molecular weight is 766 g/mol. The van der Waals surface area contributed by atoms with Crippen LogP contribution in [0, 0.1) is 0 Å². The van der Waals surface area contributed by atoms with Gasteiger partial charge in [0.1, 0.15) is 22.1 Å². The number of anilines is 1. The maximum atomic E-state index is 15.1. The number of aryl methyl sites for hydroxylation is 1. The van der Waals surface area contributed by atoms with Crippen LogP contribution in [0.2, 0.25) is 0 Å². The summed E-state index contributed by atoms with van der Waals surface area (Å²) < 4.78 is 52.7. The first kappa shape index (κ1) is 40.0. The second kappa shape index (κ2) is 16.3. The zero-order valence-electron chi connectivity index (χ0n) is 29.5. The Morgan fingerprint density at radius 3 is 2.08 bits per heavy atom. The van der Waals surface area contributed by atoms with E-state index in [1.165, 1.54) is 45.6 Å². The number of hydrogen-bond acceptors (Lipinski definition) is 10. The number of carbonyl (C=O) groups excluding carboxylic acids is 2. The van der Waals surface area contributed by atoms with Crippen LogP contribution >= 0.6 is 24.8 Å². The van der Waals surface area contributed by atoms with Crippen molar-refractivity contribution in [2.75, 3.05) is 72.0 Å². The van der Waals surface area contributed by atoms with Gasteiger partial charge >= 0.3 is 6.09 Å². The van der Waals surface area contributed by atoms with Gasteiger partial charge < -0.3 is 28.7 Å². The first-order chi connectivity index (χ1) is 23.6. The average Bonchev–Trinajstić information content (AvgIpc) is 3.38. The summed E-state index contributed by atoms with van der Waals surface area (Å²) in [5.74, 6) is -0.195. The number of hydrogen-bond donors (Lipinski definition) is 0. The first-order valence-corrected chi connectivity index (χ1v) is 18.0. The number of amides is 2. The van der Waals surface area contributed by atoms with Gasteiger partial charge in [-0.3, -0.25) is 9.69 Å². The second-order valence-corrected chi connectivity index (χ2v) is 14.3. The Morgan fingerprint density at radius 2 is 1.45 bits per heavy atom. The van der Waals surface area contributed by atoms with E-state index in [9.17, 15) is 13.2 Å². The Hall–Kier alpha value is -3.75. The molecular formula is C36H46Cl2N4O8S. The SMILES string of the molecule is CCc1ccccc1C1(OC(=O)N2CCN(C3CCN(C)CC3)CC2)C(=O)N(S(=O)(=O)c2ccc(OC)cc2OC)c2ccc(OC)cc21.Cl.Cl. The van der Waals surface area contributed by atoms with Crippen molar-refractivity contribution >= 4 is 52.5 Å². The number of piperazine rings is 1.